The van der Waals surface area contributed by atoms with Crippen molar-refractivity contribution in [1.29, 1.82) is 0 Å². The van der Waals surface area contributed by atoms with Crippen LogP contribution in [0.4, 0.5) is 5.69 Å². The van der Waals surface area contributed by atoms with Crippen LogP contribution in [-0.4, -0.2) is 29.7 Å². The van der Waals surface area contributed by atoms with E-state index in [1.54, 1.807) is 0 Å². The van der Waals surface area contributed by atoms with Crippen LogP contribution in [0.3, 0.4) is 0 Å². The van der Waals surface area contributed by atoms with Gasteiger partial charge in [0.25, 0.3) is 0 Å². The minimum absolute atomic E-state index is 0.766. The lowest BCUT2D eigenvalue weighted by Gasteiger charge is -2.12. The summed E-state index contributed by atoms with van der Waals surface area (Å²) in [6.45, 7) is 2.91. The molecule has 1 aliphatic heterocycles. The molecular weight excluding hydrogens is 260 g/mol. The molecule has 0 saturated carbocycles. The van der Waals surface area contributed by atoms with Crippen LogP contribution in [0, 0.1) is 0 Å². The maximum Gasteiger partial charge on any atom is 0.113 e. The van der Waals surface area contributed by atoms with E-state index < -0.39 is 0 Å². The Morgan fingerprint density at radius 2 is 2.19 bits per heavy atom. The summed E-state index contributed by atoms with van der Waals surface area (Å²) < 4.78 is 2.26. The molecule has 2 heterocycles. The van der Waals surface area contributed by atoms with Crippen molar-refractivity contribution in [3.63, 3.8) is 0 Å². The number of imidazole rings is 1. The van der Waals surface area contributed by atoms with Gasteiger partial charge in [-0.2, -0.15) is 0 Å². The summed E-state index contributed by atoms with van der Waals surface area (Å²) in [7, 11) is 2.16. The maximum absolute atomic E-state index is 5.56. The van der Waals surface area contributed by atoms with E-state index in [-0.39, 0.29) is 0 Å². The van der Waals surface area contributed by atoms with Gasteiger partial charge in [0.2, 0.25) is 0 Å². The van der Waals surface area contributed by atoms with Crippen molar-refractivity contribution >= 4 is 5.69 Å². The van der Waals surface area contributed by atoms with E-state index in [9.17, 15) is 0 Å². The molecule has 0 fully saturated rings. The maximum atomic E-state index is 5.56. The number of anilines is 1. The van der Waals surface area contributed by atoms with Crippen molar-refractivity contribution in [3.05, 3.63) is 47.5 Å². The highest BCUT2D eigenvalue weighted by Gasteiger charge is 2.16. The third kappa shape index (κ3) is 3.10. The number of unbranched alkanes of at least 4 members (excludes halogenated alkanes) is 1. The predicted molar refractivity (Wildman–Crippen MR) is 86.7 cm³/mol. The van der Waals surface area contributed by atoms with Crippen molar-refractivity contribution in [2.75, 3.05) is 25.0 Å². The van der Waals surface area contributed by atoms with Crippen LogP contribution >= 0.6 is 0 Å². The Morgan fingerprint density at radius 1 is 1.29 bits per heavy atom. The summed E-state index contributed by atoms with van der Waals surface area (Å²) in [5.74, 6) is 1.15. The summed E-state index contributed by atoms with van der Waals surface area (Å²) >= 11 is 0. The van der Waals surface area contributed by atoms with Crippen LogP contribution in [0.25, 0.3) is 0 Å². The Labute approximate surface area is 126 Å². The van der Waals surface area contributed by atoms with E-state index in [1.165, 1.54) is 16.8 Å². The van der Waals surface area contributed by atoms with Gasteiger partial charge in [-0.25, -0.2) is 4.98 Å². The molecule has 3 rings (SSSR count). The van der Waals surface area contributed by atoms with Gasteiger partial charge in [0.15, 0.2) is 0 Å². The Balaban J connectivity index is 1.71. The standard InChI is InChI=1S/C17H24N4/c1-20-10-6-15-12-14(4-5-16(15)20)13-17-19-8-11-21(17)9-3-2-7-18/h4-5,8,11-12H,2-3,6-7,9-10,13,18H2,1H3. The predicted octanol–water partition coefficient (Wildman–Crippen LogP) is 2.21. The summed E-state index contributed by atoms with van der Waals surface area (Å²) in [5.41, 5.74) is 9.77. The molecule has 2 aromatic rings. The molecule has 1 aliphatic rings. The average Bonchev–Trinajstić information content (AvgIpc) is 3.07. The zero-order valence-electron chi connectivity index (χ0n) is 12.8. The number of nitrogens with zero attached hydrogens (tertiary/aromatic N) is 3. The first kappa shape index (κ1) is 14.1. The average molecular weight is 284 g/mol. The third-order valence-corrected chi connectivity index (χ3v) is 4.29. The highest BCUT2D eigenvalue weighted by atomic mass is 15.1. The van der Waals surface area contributed by atoms with Crippen LogP contribution in [0.2, 0.25) is 0 Å². The Hall–Kier alpha value is -1.81. The van der Waals surface area contributed by atoms with Crippen molar-refractivity contribution in [1.82, 2.24) is 9.55 Å². The van der Waals surface area contributed by atoms with Gasteiger partial charge in [-0.3, -0.25) is 0 Å². The van der Waals surface area contributed by atoms with Crippen LogP contribution in [0.5, 0.6) is 0 Å². The number of hydrogen-bond acceptors (Lipinski definition) is 3. The number of likely N-dealkylation sites (N-methyl/N-ethyl adjacent to an activating group) is 1. The number of aromatic nitrogens is 2. The zero-order valence-corrected chi connectivity index (χ0v) is 12.8. The monoisotopic (exact) mass is 284 g/mol. The van der Waals surface area contributed by atoms with Gasteiger partial charge in [-0.15, -0.1) is 0 Å². The van der Waals surface area contributed by atoms with E-state index in [0.29, 0.717) is 0 Å². The molecule has 21 heavy (non-hydrogen) atoms. The normalized spacial score (nSPS) is 13.7. The summed E-state index contributed by atoms with van der Waals surface area (Å²) in [4.78, 5) is 6.85. The molecule has 4 nitrogen and oxygen atoms in total. The third-order valence-electron chi connectivity index (χ3n) is 4.29. The number of hydrogen-bond donors (Lipinski definition) is 1. The summed E-state index contributed by atoms with van der Waals surface area (Å²) in [5, 5.41) is 0. The molecule has 0 saturated heterocycles. The van der Waals surface area contributed by atoms with Crippen molar-refractivity contribution in [3.8, 4) is 0 Å². The van der Waals surface area contributed by atoms with Crippen molar-refractivity contribution in [2.45, 2.75) is 32.2 Å². The Bertz CT molecular complexity index is 603. The second-order valence-electron chi connectivity index (χ2n) is 5.84. The lowest BCUT2D eigenvalue weighted by atomic mass is 10.1. The Morgan fingerprint density at radius 3 is 3.05 bits per heavy atom. The molecule has 4 heteroatoms. The first-order valence-electron chi connectivity index (χ1n) is 7.81. The first-order valence-corrected chi connectivity index (χ1v) is 7.81. The fourth-order valence-corrected chi connectivity index (χ4v) is 3.05. The van der Waals surface area contributed by atoms with Gasteiger partial charge < -0.3 is 15.2 Å². The highest BCUT2D eigenvalue weighted by Crippen LogP contribution is 2.28. The minimum atomic E-state index is 0.766. The topological polar surface area (TPSA) is 47.1 Å². The molecule has 112 valence electrons. The van der Waals surface area contributed by atoms with Gasteiger partial charge in [0.05, 0.1) is 0 Å². The van der Waals surface area contributed by atoms with E-state index >= 15 is 0 Å². The fourth-order valence-electron chi connectivity index (χ4n) is 3.05. The number of rotatable bonds is 6. The number of benzene rings is 1. The smallest absolute Gasteiger partial charge is 0.113 e. The van der Waals surface area contributed by atoms with Crippen LogP contribution in [0.15, 0.2) is 30.6 Å². The molecule has 0 amide bonds. The SMILES string of the molecule is CN1CCc2cc(Cc3nccn3CCCCN)ccc21. The molecule has 0 atom stereocenters. The first-order chi connectivity index (χ1) is 10.3. The van der Waals surface area contributed by atoms with Crippen molar-refractivity contribution in [2.24, 2.45) is 5.73 Å². The molecule has 1 aromatic heterocycles. The van der Waals surface area contributed by atoms with Crippen LogP contribution < -0.4 is 10.6 Å². The summed E-state index contributed by atoms with van der Waals surface area (Å²) in [6.07, 6.45) is 8.24. The molecule has 0 spiro atoms. The second kappa shape index (κ2) is 6.31. The van der Waals surface area contributed by atoms with Gasteiger partial charge in [-0.05, 0) is 43.0 Å². The van der Waals surface area contributed by atoms with E-state index in [0.717, 1.165) is 51.1 Å². The zero-order chi connectivity index (χ0) is 14.7. The fraction of sp³-hybridized carbons (Fsp3) is 0.471. The largest absolute Gasteiger partial charge is 0.374 e. The van der Waals surface area contributed by atoms with E-state index in [4.69, 9.17) is 5.73 Å². The van der Waals surface area contributed by atoms with Crippen LogP contribution in [-0.2, 0) is 19.4 Å². The summed E-state index contributed by atoms with van der Waals surface area (Å²) in [6, 6.07) is 6.83. The molecular formula is C17H24N4. The van der Waals surface area contributed by atoms with E-state index in [2.05, 4.69) is 45.9 Å². The quantitative estimate of drug-likeness (QED) is 0.827. The van der Waals surface area contributed by atoms with Gasteiger partial charge >= 0.3 is 0 Å². The van der Waals surface area contributed by atoms with Gasteiger partial charge in [-0.1, -0.05) is 12.1 Å². The molecule has 0 radical (unpaired) electrons. The molecule has 2 N–H and O–H groups in total. The molecule has 0 aliphatic carbocycles. The lowest BCUT2D eigenvalue weighted by Crippen LogP contribution is -2.12. The number of fused-ring (bicyclic) bond motifs is 1. The van der Waals surface area contributed by atoms with Gasteiger partial charge in [0, 0.05) is 44.6 Å². The van der Waals surface area contributed by atoms with Crippen molar-refractivity contribution < 1.29 is 0 Å². The van der Waals surface area contributed by atoms with Crippen LogP contribution in [0.1, 0.15) is 29.8 Å². The molecule has 1 aromatic carbocycles. The molecule has 0 unspecified atom stereocenters. The minimum Gasteiger partial charge on any atom is -0.374 e. The number of nitrogens with two attached hydrogens (primary N) is 1. The highest BCUT2D eigenvalue weighted by molar-refractivity contribution is 5.58. The molecule has 0 bridgehead atoms. The second-order valence-corrected chi connectivity index (χ2v) is 5.84. The number of aryl methyl sites for hydroxylation is 1. The lowest BCUT2D eigenvalue weighted by molar-refractivity contribution is 0.595. The van der Waals surface area contributed by atoms with Gasteiger partial charge in [0.1, 0.15) is 5.82 Å². The Kier molecular flexibility index (Phi) is 4.25. The van der Waals surface area contributed by atoms with E-state index in [1.807, 2.05) is 6.20 Å².